The third-order valence-electron chi connectivity index (χ3n) is 4.73. The Morgan fingerprint density at radius 2 is 1.75 bits per heavy atom. The minimum atomic E-state index is -5.26. The number of anilines is 1. The van der Waals surface area contributed by atoms with Crippen LogP contribution in [0.5, 0.6) is 5.75 Å². The lowest BCUT2D eigenvalue weighted by Gasteiger charge is -2.23. The second kappa shape index (κ2) is 11.7. The number of carbonyl (C=O) groups is 2. The number of rotatable bonds is 9. The molecule has 0 spiro atoms. The maximum Gasteiger partial charge on any atom is 0.471 e. The Kier molecular flexibility index (Phi) is 9.27. The average molecular weight is 509 g/mol. The number of alkyl halides is 3. The maximum atomic E-state index is 15.7. The molecule has 0 heterocycles. The molecule has 0 aliphatic rings. The number of amides is 2. The molecular weight excluding hydrogens is 480 g/mol. The van der Waals surface area contributed by atoms with Crippen LogP contribution >= 0.6 is 0 Å². The van der Waals surface area contributed by atoms with Gasteiger partial charge in [0.2, 0.25) is 0 Å². The van der Waals surface area contributed by atoms with Crippen molar-refractivity contribution in [3.63, 3.8) is 0 Å². The number of carbonyl (C=O) groups excluding carboxylic acids is 2. The molecule has 2 rings (SSSR count). The van der Waals surface area contributed by atoms with Crippen molar-refractivity contribution in [2.45, 2.75) is 51.6 Å². The van der Waals surface area contributed by atoms with E-state index in [2.05, 4.69) is 18.5 Å². The molecule has 0 unspecified atom stereocenters. The van der Waals surface area contributed by atoms with E-state index >= 15 is 4.39 Å². The molecule has 2 aromatic rings. The Labute approximate surface area is 207 Å². The molecular formula is C26H28F4N2O4. The quantitative estimate of drug-likeness (QED) is 0.314. The minimum Gasteiger partial charge on any atom is -0.487 e. The predicted molar refractivity (Wildman–Crippen MR) is 129 cm³/mol. The number of nitrogens with one attached hydrogen (secondary N) is 2. The lowest BCUT2D eigenvalue weighted by atomic mass is 9.97. The van der Waals surface area contributed by atoms with Gasteiger partial charge < -0.3 is 20.1 Å². The molecule has 0 radical (unpaired) electrons. The highest BCUT2D eigenvalue weighted by Gasteiger charge is 2.40. The van der Waals surface area contributed by atoms with Gasteiger partial charge in [0.1, 0.15) is 23.6 Å². The molecule has 0 aliphatic carbocycles. The van der Waals surface area contributed by atoms with E-state index < -0.39 is 41.3 Å². The number of ether oxygens (including phenoxy) is 2. The van der Waals surface area contributed by atoms with Gasteiger partial charge in [0.05, 0.1) is 6.04 Å². The summed E-state index contributed by atoms with van der Waals surface area (Å²) >= 11 is 0. The summed E-state index contributed by atoms with van der Waals surface area (Å²) in [6, 6.07) is 9.08. The Hall–Kier alpha value is -3.82. The van der Waals surface area contributed by atoms with Crippen LogP contribution < -0.4 is 15.4 Å². The molecule has 0 bridgehead atoms. The van der Waals surface area contributed by atoms with E-state index in [1.54, 1.807) is 56.4 Å². The van der Waals surface area contributed by atoms with E-state index in [9.17, 15) is 22.8 Å². The largest absolute Gasteiger partial charge is 0.487 e. The zero-order valence-electron chi connectivity index (χ0n) is 20.2. The Balaban J connectivity index is 2.46. The van der Waals surface area contributed by atoms with Crippen LogP contribution in [0.15, 0.2) is 55.6 Å². The van der Waals surface area contributed by atoms with Crippen LogP contribution in [0.4, 0.5) is 28.0 Å². The van der Waals surface area contributed by atoms with Crippen molar-refractivity contribution in [1.29, 1.82) is 0 Å². The minimum absolute atomic E-state index is 0.0966. The molecule has 2 aromatic carbocycles. The lowest BCUT2D eigenvalue weighted by molar-refractivity contribution is -0.167. The van der Waals surface area contributed by atoms with Crippen LogP contribution in [-0.2, 0) is 22.6 Å². The lowest BCUT2D eigenvalue weighted by Crippen LogP contribution is -2.39. The summed E-state index contributed by atoms with van der Waals surface area (Å²) < 4.78 is 65.4. The van der Waals surface area contributed by atoms with Crippen LogP contribution in [0, 0.1) is 5.82 Å². The molecule has 0 aromatic heterocycles. The van der Waals surface area contributed by atoms with Crippen molar-refractivity contribution < 1.29 is 36.6 Å². The first kappa shape index (κ1) is 28.4. The first-order valence-corrected chi connectivity index (χ1v) is 10.9. The fourth-order valence-corrected chi connectivity index (χ4v) is 3.10. The SMILES string of the molecule is C=Cc1cc(OCc2ccccc2)c(NC(=O)C(F)(F)F)c(F)c1C[C@@H](C=C)NC(=O)OC(C)(C)C. The summed E-state index contributed by atoms with van der Waals surface area (Å²) in [6.45, 7) is 12.1. The standard InChI is InChI=1S/C26H28F4N2O4/c1-6-17-13-20(35-15-16-11-9-8-10-12-16)22(32-23(33)26(28,29)30)21(27)19(17)14-18(7-2)31-24(34)36-25(3,4)5/h6-13,18H,1-2,14-15H2,3-5H3,(H,31,34)(H,32,33)/t18-/m1/s1. The number of hydrogen-bond acceptors (Lipinski definition) is 4. The van der Waals surface area contributed by atoms with Crippen molar-refractivity contribution in [3.05, 3.63) is 78.1 Å². The summed E-state index contributed by atoms with van der Waals surface area (Å²) in [6.07, 6.45) is -3.66. The first-order chi connectivity index (χ1) is 16.7. The number of halogens is 4. The second-order valence-corrected chi connectivity index (χ2v) is 8.75. The van der Waals surface area contributed by atoms with Gasteiger partial charge in [-0.25, -0.2) is 9.18 Å². The molecule has 0 saturated carbocycles. The highest BCUT2D eigenvalue weighted by molar-refractivity contribution is 5.96. The third kappa shape index (κ3) is 8.14. The average Bonchev–Trinajstić information content (AvgIpc) is 2.78. The molecule has 0 saturated heterocycles. The van der Waals surface area contributed by atoms with Crippen molar-refractivity contribution in [2.24, 2.45) is 0 Å². The second-order valence-electron chi connectivity index (χ2n) is 8.75. The monoisotopic (exact) mass is 508 g/mol. The Morgan fingerprint density at radius 1 is 1.11 bits per heavy atom. The van der Waals surface area contributed by atoms with E-state index in [4.69, 9.17) is 9.47 Å². The number of benzene rings is 2. The van der Waals surface area contributed by atoms with E-state index in [-0.39, 0.29) is 29.9 Å². The molecule has 36 heavy (non-hydrogen) atoms. The van der Waals surface area contributed by atoms with Gasteiger partial charge >= 0.3 is 18.2 Å². The van der Waals surface area contributed by atoms with Crippen molar-refractivity contribution in [3.8, 4) is 5.75 Å². The Morgan fingerprint density at radius 3 is 2.28 bits per heavy atom. The molecule has 194 valence electrons. The molecule has 10 heteroatoms. The summed E-state index contributed by atoms with van der Waals surface area (Å²) in [5.41, 5.74) is -0.827. The van der Waals surface area contributed by atoms with Crippen molar-refractivity contribution in [1.82, 2.24) is 5.32 Å². The van der Waals surface area contributed by atoms with Crippen molar-refractivity contribution >= 4 is 23.8 Å². The summed E-state index contributed by atoms with van der Waals surface area (Å²) in [5, 5.41) is 4.09. The van der Waals surface area contributed by atoms with Gasteiger partial charge in [-0.1, -0.05) is 49.1 Å². The summed E-state index contributed by atoms with van der Waals surface area (Å²) in [4.78, 5) is 23.8. The molecule has 2 amide bonds. The van der Waals surface area contributed by atoms with Crippen LogP contribution in [0.25, 0.3) is 6.08 Å². The fourth-order valence-electron chi connectivity index (χ4n) is 3.10. The topological polar surface area (TPSA) is 76.7 Å². The van der Waals surface area contributed by atoms with Gasteiger partial charge in [0.15, 0.2) is 5.82 Å². The van der Waals surface area contributed by atoms with Crippen LogP contribution in [0.3, 0.4) is 0 Å². The van der Waals surface area contributed by atoms with Gasteiger partial charge in [0.25, 0.3) is 0 Å². The molecule has 0 fully saturated rings. The Bertz CT molecular complexity index is 1110. The number of hydrogen-bond donors (Lipinski definition) is 2. The molecule has 6 nitrogen and oxygen atoms in total. The fraction of sp³-hybridized carbons (Fsp3) is 0.308. The normalized spacial score (nSPS) is 12.3. The van der Waals surface area contributed by atoms with E-state index in [1.807, 2.05) is 0 Å². The zero-order chi connectivity index (χ0) is 27.1. The van der Waals surface area contributed by atoms with E-state index in [0.29, 0.717) is 5.56 Å². The van der Waals surface area contributed by atoms with Gasteiger partial charge in [-0.15, -0.1) is 6.58 Å². The van der Waals surface area contributed by atoms with E-state index in [1.165, 1.54) is 18.2 Å². The van der Waals surface area contributed by atoms with Gasteiger partial charge in [-0.05, 0) is 49.9 Å². The smallest absolute Gasteiger partial charge is 0.471 e. The molecule has 2 N–H and O–H groups in total. The van der Waals surface area contributed by atoms with Gasteiger partial charge in [-0.3, -0.25) is 4.79 Å². The highest BCUT2D eigenvalue weighted by atomic mass is 19.4. The third-order valence-corrected chi connectivity index (χ3v) is 4.73. The van der Waals surface area contributed by atoms with Gasteiger partial charge in [0, 0.05) is 0 Å². The van der Waals surface area contributed by atoms with E-state index in [0.717, 1.165) is 0 Å². The van der Waals surface area contributed by atoms with Crippen LogP contribution in [-0.4, -0.2) is 29.8 Å². The predicted octanol–water partition coefficient (Wildman–Crippen LogP) is 6.17. The highest BCUT2D eigenvalue weighted by Crippen LogP contribution is 2.36. The molecule has 0 aliphatic heterocycles. The maximum absolute atomic E-state index is 15.7. The zero-order valence-corrected chi connectivity index (χ0v) is 20.2. The van der Waals surface area contributed by atoms with Crippen LogP contribution in [0.2, 0.25) is 0 Å². The van der Waals surface area contributed by atoms with Crippen molar-refractivity contribution in [2.75, 3.05) is 5.32 Å². The summed E-state index contributed by atoms with van der Waals surface area (Å²) in [5.74, 6) is -3.84. The number of alkyl carbamates (subject to hydrolysis) is 1. The molecule has 1 atom stereocenters. The first-order valence-electron chi connectivity index (χ1n) is 10.9. The van der Waals surface area contributed by atoms with Gasteiger partial charge in [-0.2, -0.15) is 13.2 Å². The summed E-state index contributed by atoms with van der Waals surface area (Å²) in [7, 11) is 0. The van der Waals surface area contributed by atoms with Crippen LogP contribution in [0.1, 0.15) is 37.5 Å².